The highest BCUT2D eigenvalue weighted by atomic mass is 16.5. The maximum atomic E-state index is 6.28. The van der Waals surface area contributed by atoms with E-state index in [1.54, 1.807) is 0 Å². The Morgan fingerprint density at radius 3 is 2.79 bits per heavy atom. The van der Waals surface area contributed by atoms with Crippen molar-refractivity contribution in [3.63, 3.8) is 0 Å². The predicted molar refractivity (Wildman–Crippen MR) is 71.6 cm³/mol. The Bertz CT molecular complexity index is 433. The lowest BCUT2D eigenvalue weighted by Gasteiger charge is -2.29. The molecule has 1 aromatic rings. The van der Waals surface area contributed by atoms with E-state index in [1.807, 2.05) is 18.2 Å². The van der Waals surface area contributed by atoms with E-state index in [1.165, 1.54) is 0 Å². The minimum atomic E-state index is -0.148. The molecule has 5 heteroatoms. The van der Waals surface area contributed by atoms with E-state index in [0.717, 1.165) is 36.6 Å². The van der Waals surface area contributed by atoms with E-state index in [9.17, 15) is 0 Å². The molecule has 2 aliphatic rings. The lowest BCUT2D eigenvalue weighted by Crippen LogP contribution is -2.44. The summed E-state index contributed by atoms with van der Waals surface area (Å²) in [5, 5.41) is 3.30. The lowest BCUT2D eigenvalue weighted by atomic mass is 10.0. The fraction of sp³-hybridized carbons (Fsp3) is 0.571. The molecule has 0 bridgehead atoms. The van der Waals surface area contributed by atoms with Gasteiger partial charge in [-0.25, -0.2) is 0 Å². The highest BCUT2D eigenvalue weighted by Gasteiger charge is 2.24. The van der Waals surface area contributed by atoms with Crippen LogP contribution in [0.1, 0.15) is 18.0 Å². The first-order chi connectivity index (χ1) is 9.34. The number of fused-ring (bicyclic) bond motifs is 1. The van der Waals surface area contributed by atoms with Crippen molar-refractivity contribution in [3.8, 4) is 11.5 Å². The highest BCUT2D eigenvalue weighted by Crippen LogP contribution is 2.32. The molecule has 3 rings (SSSR count). The summed E-state index contributed by atoms with van der Waals surface area (Å²) in [6.07, 6.45) is 0.921. The van der Waals surface area contributed by atoms with Gasteiger partial charge in [0.05, 0.1) is 32.0 Å². The molecule has 1 aromatic carbocycles. The van der Waals surface area contributed by atoms with Crippen LogP contribution < -0.4 is 20.5 Å². The van der Waals surface area contributed by atoms with Crippen LogP contribution in [0.25, 0.3) is 0 Å². The predicted octanol–water partition coefficient (Wildman–Crippen LogP) is 0.836. The third-order valence-corrected chi connectivity index (χ3v) is 3.51. The van der Waals surface area contributed by atoms with Gasteiger partial charge >= 0.3 is 0 Å². The van der Waals surface area contributed by atoms with Crippen LogP contribution in [0.3, 0.4) is 0 Å². The topological polar surface area (TPSA) is 65.7 Å². The Labute approximate surface area is 113 Å². The van der Waals surface area contributed by atoms with Gasteiger partial charge in [0.2, 0.25) is 0 Å². The number of rotatable bonds is 2. The summed E-state index contributed by atoms with van der Waals surface area (Å²) in [6, 6.07) is 5.76. The number of nitrogens with one attached hydrogen (secondary N) is 1. The number of hydrogen-bond donors (Lipinski definition) is 2. The van der Waals surface area contributed by atoms with Crippen molar-refractivity contribution in [2.75, 3.05) is 32.9 Å². The van der Waals surface area contributed by atoms with Gasteiger partial charge in [-0.2, -0.15) is 0 Å². The quantitative estimate of drug-likeness (QED) is 0.828. The summed E-state index contributed by atoms with van der Waals surface area (Å²) in [7, 11) is 0. The smallest absolute Gasteiger partial charge is 0.161 e. The van der Waals surface area contributed by atoms with E-state index in [0.29, 0.717) is 19.8 Å². The first kappa shape index (κ1) is 12.7. The molecule has 5 nitrogen and oxygen atoms in total. The summed E-state index contributed by atoms with van der Waals surface area (Å²) < 4.78 is 17.0. The van der Waals surface area contributed by atoms with Gasteiger partial charge in [-0.05, 0) is 17.7 Å². The molecule has 1 fully saturated rings. The summed E-state index contributed by atoms with van der Waals surface area (Å²) in [6.45, 7) is 3.78. The second-order valence-electron chi connectivity index (χ2n) is 4.90. The second kappa shape index (κ2) is 5.77. The zero-order valence-electron chi connectivity index (χ0n) is 10.9. The van der Waals surface area contributed by atoms with Crippen LogP contribution in [0.4, 0.5) is 0 Å². The molecule has 19 heavy (non-hydrogen) atoms. The van der Waals surface area contributed by atoms with Gasteiger partial charge in [0.25, 0.3) is 0 Å². The van der Waals surface area contributed by atoms with Gasteiger partial charge in [-0.1, -0.05) is 6.07 Å². The maximum absolute atomic E-state index is 6.28. The van der Waals surface area contributed by atoms with Crippen LogP contribution in [-0.2, 0) is 4.74 Å². The number of hydrogen-bond acceptors (Lipinski definition) is 5. The van der Waals surface area contributed by atoms with Crippen LogP contribution in [-0.4, -0.2) is 39.0 Å². The third-order valence-electron chi connectivity index (χ3n) is 3.51. The Morgan fingerprint density at radius 1 is 1.16 bits per heavy atom. The number of benzene rings is 1. The molecule has 1 saturated heterocycles. The normalized spacial score (nSPS) is 24.6. The lowest BCUT2D eigenvalue weighted by molar-refractivity contribution is 0.0122. The zero-order chi connectivity index (χ0) is 13.1. The van der Waals surface area contributed by atoms with Gasteiger partial charge in [-0.3, -0.25) is 0 Å². The van der Waals surface area contributed by atoms with Gasteiger partial charge in [0.1, 0.15) is 0 Å². The molecule has 2 unspecified atom stereocenters. The fourth-order valence-corrected chi connectivity index (χ4v) is 2.42. The monoisotopic (exact) mass is 264 g/mol. The van der Waals surface area contributed by atoms with Crippen molar-refractivity contribution in [2.45, 2.75) is 18.6 Å². The first-order valence-corrected chi connectivity index (χ1v) is 6.82. The molecule has 0 radical (unpaired) electrons. The van der Waals surface area contributed by atoms with Crippen molar-refractivity contribution in [2.24, 2.45) is 5.73 Å². The molecule has 0 spiro atoms. The molecule has 0 aromatic heterocycles. The van der Waals surface area contributed by atoms with Crippen LogP contribution >= 0.6 is 0 Å². The Balaban J connectivity index is 1.78. The van der Waals surface area contributed by atoms with Crippen molar-refractivity contribution < 1.29 is 14.2 Å². The molecule has 2 aliphatic heterocycles. The van der Waals surface area contributed by atoms with Crippen molar-refractivity contribution >= 4 is 0 Å². The Hall–Kier alpha value is -1.30. The molecule has 0 aliphatic carbocycles. The van der Waals surface area contributed by atoms with Gasteiger partial charge in [0, 0.05) is 19.5 Å². The molecule has 2 heterocycles. The molecule has 2 atom stereocenters. The zero-order valence-corrected chi connectivity index (χ0v) is 10.9. The number of nitrogens with two attached hydrogens (primary N) is 1. The molecular formula is C14H20N2O3. The van der Waals surface area contributed by atoms with Crippen molar-refractivity contribution in [1.82, 2.24) is 5.32 Å². The summed E-state index contributed by atoms with van der Waals surface area (Å²) >= 11 is 0. The first-order valence-electron chi connectivity index (χ1n) is 6.82. The van der Waals surface area contributed by atoms with Crippen LogP contribution in [0.5, 0.6) is 11.5 Å². The SMILES string of the molecule is NC(c1ccc2c(c1)OCCCO2)C1CNCCO1. The van der Waals surface area contributed by atoms with Crippen LogP contribution in [0, 0.1) is 0 Å². The Kier molecular flexibility index (Phi) is 3.87. The van der Waals surface area contributed by atoms with Crippen LogP contribution in [0.15, 0.2) is 18.2 Å². The van der Waals surface area contributed by atoms with Crippen molar-refractivity contribution in [1.29, 1.82) is 0 Å². The fourth-order valence-electron chi connectivity index (χ4n) is 2.42. The van der Waals surface area contributed by atoms with Gasteiger partial charge < -0.3 is 25.3 Å². The minimum absolute atomic E-state index is 0.0125. The van der Waals surface area contributed by atoms with E-state index >= 15 is 0 Å². The molecule has 0 amide bonds. The largest absolute Gasteiger partial charge is 0.490 e. The number of morpholine rings is 1. The average Bonchev–Trinajstić information content (AvgIpc) is 2.72. The maximum Gasteiger partial charge on any atom is 0.161 e. The second-order valence-corrected chi connectivity index (χ2v) is 4.90. The standard InChI is InChI=1S/C14H20N2O3/c15-14(13-9-16-4-7-19-13)10-2-3-11-12(8-10)18-6-1-5-17-11/h2-3,8,13-14,16H,1,4-7,9,15H2. The van der Waals surface area contributed by atoms with Gasteiger partial charge in [-0.15, -0.1) is 0 Å². The summed E-state index contributed by atoms with van der Waals surface area (Å²) in [5.74, 6) is 1.59. The van der Waals surface area contributed by atoms with Crippen molar-refractivity contribution in [3.05, 3.63) is 23.8 Å². The highest BCUT2D eigenvalue weighted by molar-refractivity contribution is 5.44. The van der Waals surface area contributed by atoms with Gasteiger partial charge in [0.15, 0.2) is 11.5 Å². The van der Waals surface area contributed by atoms with E-state index in [-0.39, 0.29) is 12.1 Å². The van der Waals surface area contributed by atoms with Crippen LogP contribution in [0.2, 0.25) is 0 Å². The minimum Gasteiger partial charge on any atom is -0.490 e. The summed E-state index contributed by atoms with van der Waals surface area (Å²) in [4.78, 5) is 0. The average molecular weight is 264 g/mol. The molecule has 3 N–H and O–H groups in total. The molecular weight excluding hydrogens is 244 g/mol. The van der Waals surface area contributed by atoms with E-state index < -0.39 is 0 Å². The molecule has 0 saturated carbocycles. The molecule has 104 valence electrons. The van der Waals surface area contributed by atoms with E-state index in [4.69, 9.17) is 19.9 Å². The number of ether oxygens (including phenoxy) is 3. The van der Waals surface area contributed by atoms with E-state index in [2.05, 4.69) is 5.32 Å². The summed E-state index contributed by atoms with van der Waals surface area (Å²) in [5.41, 5.74) is 7.31. The Morgan fingerprint density at radius 2 is 2.00 bits per heavy atom. The third kappa shape index (κ3) is 2.83.